The summed E-state index contributed by atoms with van der Waals surface area (Å²) in [6, 6.07) is 67.1. The van der Waals surface area contributed by atoms with Crippen molar-refractivity contribution in [3.8, 4) is 27.9 Å². The van der Waals surface area contributed by atoms with E-state index >= 15 is 0 Å². The van der Waals surface area contributed by atoms with Crippen LogP contribution in [0.1, 0.15) is 56.9 Å². The van der Waals surface area contributed by atoms with E-state index < -0.39 is 0 Å². The molecule has 0 bridgehead atoms. The summed E-state index contributed by atoms with van der Waals surface area (Å²) >= 11 is 0. The lowest BCUT2D eigenvalue weighted by Gasteiger charge is -2.31. The van der Waals surface area contributed by atoms with Gasteiger partial charge in [0.1, 0.15) is 11.2 Å². The van der Waals surface area contributed by atoms with Gasteiger partial charge in [-0.15, -0.1) is 0 Å². The first-order chi connectivity index (χ1) is 33.2. The maximum atomic E-state index is 6.83. The minimum atomic E-state index is -0.236. The molecule has 326 valence electrons. The second-order valence-corrected chi connectivity index (χ2v) is 19.6. The van der Waals surface area contributed by atoms with Gasteiger partial charge in [-0.05, 0) is 129 Å². The van der Waals surface area contributed by atoms with Crippen LogP contribution in [0.3, 0.4) is 0 Å². The molecule has 11 aromatic rings. The van der Waals surface area contributed by atoms with E-state index in [0.717, 1.165) is 55.8 Å². The lowest BCUT2D eigenvalue weighted by molar-refractivity contribution is 0.654. The third kappa shape index (κ3) is 5.59. The van der Waals surface area contributed by atoms with E-state index in [4.69, 9.17) is 4.42 Å². The average molecular weight is 875 g/mol. The lowest BCUT2D eigenvalue weighted by Crippen LogP contribution is -2.18. The zero-order chi connectivity index (χ0) is 46.1. The standard InChI is InChI=1S/C65H50N2O/c1-7-18-49-52(8-2)64(3,4)54-25-16-26-57(61(49)54)66(44-32-34-47-46-23-14-15-24-53(46)65(5,6)55(47)39-44)58-27-17-28-60-62(58)51-38-42(31-36-59(51)68-60)41-30-35-56-50(37-41)48-33-29-40-19-12-13-22-45(40)63(48)67(56)43-20-10-9-11-21-43/h7-39H,2H2,1,3-6H3/b18-7-. The highest BCUT2D eigenvalue weighted by Gasteiger charge is 2.40. The molecule has 3 nitrogen and oxygen atoms in total. The predicted octanol–water partition coefficient (Wildman–Crippen LogP) is 18.1. The molecule has 0 spiro atoms. The Hall–Kier alpha value is -8.14. The summed E-state index contributed by atoms with van der Waals surface area (Å²) in [6.45, 7) is 15.8. The van der Waals surface area contributed by atoms with Crippen LogP contribution in [0.4, 0.5) is 17.1 Å². The molecular weight excluding hydrogens is 825 g/mol. The number of fused-ring (bicyclic) bond motifs is 12. The fourth-order valence-corrected chi connectivity index (χ4v) is 12.1. The molecule has 2 aromatic heterocycles. The van der Waals surface area contributed by atoms with Crippen LogP contribution in [0.15, 0.2) is 217 Å². The van der Waals surface area contributed by atoms with Crippen molar-refractivity contribution in [2.75, 3.05) is 4.90 Å². The molecule has 0 radical (unpaired) electrons. The number of nitrogens with zero attached hydrogens (tertiary/aromatic N) is 2. The summed E-state index contributed by atoms with van der Waals surface area (Å²) < 4.78 is 9.26. The highest BCUT2D eigenvalue weighted by atomic mass is 16.3. The normalized spacial score (nSPS) is 14.7. The Morgan fingerprint density at radius 3 is 2.10 bits per heavy atom. The molecular formula is C65H50N2O. The van der Waals surface area contributed by atoms with Gasteiger partial charge in [0.05, 0.1) is 27.8 Å². The minimum Gasteiger partial charge on any atom is -0.456 e. The first-order valence-corrected chi connectivity index (χ1v) is 23.8. The van der Waals surface area contributed by atoms with Crippen LogP contribution in [0.2, 0.25) is 0 Å². The molecule has 0 amide bonds. The maximum absolute atomic E-state index is 6.83. The Morgan fingerprint density at radius 1 is 0.544 bits per heavy atom. The van der Waals surface area contributed by atoms with E-state index in [-0.39, 0.29) is 10.8 Å². The zero-order valence-electron chi connectivity index (χ0n) is 39.1. The van der Waals surface area contributed by atoms with Gasteiger partial charge in [0.25, 0.3) is 0 Å². The molecule has 0 atom stereocenters. The summed E-state index contributed by atoms with van der Waals surface area (Å²) in [4.78, 5) is 2.50. The number of furan rings is 1. The number of aromatic nitrogens is 1. The molecule has 2 aliphatic carbocycles. The molecule has 0 saturated heterocycles. The van der Waals surface area contributed by atoms with E-state index in [9.17, 15) is 0 Å². The first-order valence-electron chi connectivity index (χ1n) is 23.8. The van der Waals surface area contributed by atoms with E-state index in [1.807, 2.05) is 0 Å². The molecule has 0 fully saturated rings. The second kappa shape index (κ2) is 14.7. The molecule has 3 heteroatoms. The maximum Gasteiger partial charge on any atom is 0.137 e. The number of hydrogen-bond acceptors (Lipinski definition) is 2. The van der Waals surface area contributed by atoms with Crippen molar-refractivity contribution in [3.05, 3.63) is 235 Å². The Balaban J connectivity index is 1.05. The van der Waals surface area contributed by atoms with Gasteiger partial charge in [0.15, 0.2) is 0 Å². The van der Waals surface area contributed by atoms with Crippen molar-refractivity contribution < 1.29 is 4.42 Å². The van der Waals surface area contributed by atoms with E-state index in [1.54, 1.807) is 0 Å². The Kier molecular flexibility index (Phi) is 8.67. The monoisotopic (exact) mass is 874 g/mol. The van der Waals surface area contributed by atoms with Crippen LogP contribution in [0, 0.1) is 0 Å². The van der Waals surface area contributed by atoms with Gasteiger partial charge in [-0.3, -0.25) is 0 Å². The van der Waals surface area contributed by atoms with E-state index in [2.05, 4.69) is 251 Å². The van der Waals surface area contributed by atoms with Gasteiger partial charge in [-0.25, -0.2) is 0 Å². The summed E-state index contributed by atoms with van der Waals surface area (Å²) in [5.74, 6) is 0. The second-order valence-electron chi connectivity index (χ2n) is 19.6. The summed E-state index contributed by atoms with van der Waals surface area (Å²) in [6.07, 6.45) is 6.49. The third-order valence-corrected chi connectivity index (χ3v) is 15.3. The highest BCUT2D eigenvalue weighted by molar-refractivity contribution is 6.20. The van der Waals surface area contributed by atoms with Crippen molar-refractivity contribution >= 4 is 77.2 Å². The van der Waals surface area contributed by atoms with Crippen molar-refractivity contribution in [1.82, 2.24) is 4.57 Å². The lowest BCUT2D eigenvalue weighted by atomic mass is 9.81. The van der Waals surface area contributed by atoms with Crippen molar-refractivity contribution in [3.63, 3.8) is 0 Å². The van der Waals surface area contributed by atoms with Crippen LogP contribution < -0.4 is 4.90 Å². The smallest absolute Gasteiger partial charge is 0.137 e. The largest absolute Gasteiger partial charge is 0.456 e. The summed E-state index contributed by atoms with van der Waals surface area (Å²) in [5.41, 5.74) is 20.7. The first kappa shape index (κ1) is 40.2. The number of benzene rings is 9. The topological polar surface area (TPSA) is 21.3 Å². The molecule has 0 aliphatic heterocycles. The fourth-order valence-electron chi connectivity index (χ4n) is 12.1. The molecule has 0 saturated carbocycles. The van der Waals surface area contributed by atoms with Gasteiger partial charge in [-0.1, -0.05) is 168 Å². The van der Waals surface area contributed by atoms with Crippen LogP contribution in [-0.4, -0.2) is 4.57 Å². The van der Waals surface area contributed by atoms with Crippen LogP contribution in [-0.2, 0) is 10.8 Å². The van der Waals surface area contributed by atoms with Gasteiger partial charge in [0, 0.05) is 49.3 Å². The SMILES string of the molecule is C=CC1=C(/C=C\C)c2c(N(c3ccc4c(c3)C(C)(C)c3ccccc3-4)c3cccc4oc5ccc(-c6ccc7c(c6)c6ccc8ccccc8c6n7-c6ccccc6)cc5c34)cccc2C1(C)C. The molecule has 2 heterocycles. The quantitative estimate of drug-likeness (QED) is 0.159. The number of allylic oxidation sites excluding steroid dienone is 5. The zero-order valence-corrected chi connectivity index (χ0v) is 39.1. The molecule has 0 unspecified atom stereocenters. The predicted molar refractivity (Wildman–Crippen MR) is 288 cm³/mol. The molecule has 68 heavy (non-hydrogen) atoms. The van der Waals surface area contributed by atoms with Crippen LogP contribution >= 0.6 is 0 Å². The van der Waals surface area contributed by atoms with Crippen LogP contribution in [0.5, 0.6) is 0 Å². The summed E-state index contributed by atoms with van der Waals surface area (Å²) in [5, 5.41) is 7.10. The van der Waals surface area contributed by atoms with Crippen LogP contribution in [0.25, 0.3) is 88.0 Å². The van der Waals surface area contributed by atoms with Crippen molar-refractivity contribution in [2.24, 2.45) is 0 Å². The minimum absolute atomic E-state index is 0.175. The molecule has 2 aliphatic rings. The molecule has 13 rings (SSSR count). The Bertz CT molecular complexity index is 4000. The summed E-state index contributed by atoms with van der Waals surface area (Å²) in [7, 11) is 0. The van der Waals surface area contributed by atoms with E-state index in [0.29, 0.717) is 0 Å². The fraction of sp³-hybridized carbons (Fsp3) is 0.108. The van der Waals surface area contributed by atoms with Gasteiger partial charge >= 0.3 is 0 Å². The molecule has 9 aromatic carbocycles. The van der Waals surface area contributed by atoms with Crippen molar-refractivity contribution in [1.29, 1.82) is 0 Å². The number of anilines is 3. The highest BCUT2D eigenvalue weighted by Crippen LogP contribution is 2.56. The van der Waals surface area contributed by atoms with Gasteiger partial charge in [0.2, 0.25) is 0 Å². The average Bonchev–Trinajstić information content (AvgIpc) is 4.05. The Morgan fingerprint density at radius 2 is 1.26 bits per heavy atom. The van der Waals surface area contributed by atoms with Crippen molar-refractivity contribution in [2.45, 2.75) is 45.4 Å². The van der Waals surface area contributed by atoms with E-state index in [1.165, 1.54) is 77.1 Å². The number of para-hydroxylation sites is 1. The van der Waals surface area contributed by atoms with Gasteiger partial charge in [-0.2, -0.15) is 0 Å². The molecule has 0 N–H and O–H groups in total. The Labute approximate surface area is 397 Å². The third-order valence-electron chi connectivity index (χ3n) is 15.3. The number of hydrogen-bond donors (Lipinski definition) is 0. The number of rotatable bonds is 7. The van der Waals surface area contributed by atoms with Gasteiger partial charge < -0.3 is 13.9 Å².